The standard InChI is InChI=1S/C17H22N4O2S.2ClH/c18-15(10-13-4-2-1-3-5-13)16(22)20-17-19-14(12-24-17)11-21-6-8-23-9-7-21;;/h1-5,12,15H,6-11,18H2,(H,19,20,22);2*1H. The highest BCUT2D eigenvalue weighted by Gasteiger charge is 2.17. The highest BCUT2D eigenvalue weighted by atomic mass is 35.5. The van der Waals surface area contributed by atoms with Gasteiger partial charge in [-0.3, -0.25) is 9.69 Å². The molecule has 3 N–H and O–H groups in total. The maximum atomic E-state index is 12.2. The Morgan fingerprint density at radius 2 is 1.96 bits per heavy atom. The first-order valence-electron chi connectivity index (χ1n) is 8.05. The van der Waals surface area contributed by atoms with Crippen LogP contribution < -0.4 is 11.1 Å². The van der Waals surface area contributed by atoms with Gasteiger partial charge in [0.05, 0.1) is 24.9 Å². The lowest BCUT2D eigenvalue weighted by molar-refractivity contribution is -0.117. The Hall–Kier alpha value is -1.22. The number of nitrogens with two attached hydrogens (primary N) is 1. The first kappa shape index (κ1) is 22.8. The summed E-state index contributed by atoms with van der Waals surface area (Å²) in [5.74, 6) is -0.203. The second kappa shape index (κ2) is 11.5. The van der Waals surface area contributed by atoms with Gasteiger partial charge in [0.2, 0.25) is 5.91 Å². The summed E-state index contributed by atoms with van der Waals surface area (Å²) in [7, 11) is 0. The van der Waals surface area contributed by atoms with Crippen LogP contribution in [0.5, 0.6) is 0 Å². The van der Waals surface area contributed by atoms with E-state index in [2.05, 4.69) is 15.2 Å². The fourth-order valence-electron chi connectivity index (χ4n) is 2.58. The number of carbonyl (C=O) groups excluding carboxylic acids is 1. The number of halogens is 2. The molecule has 1 saturated heterocycles. The molecule has 0 saturated carbocycles. The van der Waals surface area contributed by atoms with Crippen molar-refractivity contribution in [3.05, 3.63) is 47.0 Å². The van der Waals surface area contributed by atoms with Crippen molar-refractivity contribution in [1.29, 1.82) is 0 Å². The molecule has 2 aromatic rings. The molecule has 144 valence electrons. The van der Waals surface area contributed by atoms with Gasteiger partial charge in [0, 0.05) is 25.0 Å². The van der Waals surface area contributed by atoms with Crippen LogP contribution in [0.1, 0.15) is 11.3 Å². The third kappa shape index (κ3) is 6.83. The number of thiazole rings is 1. The van der Waals surface area contributed by atoms with Crippen molar-refractivity contribution in [3.8, 4) is 0 Å². The van der Waals surface area contributed by atoms with Crippen LogP contribution in [0, 0.1) is 0 Å². The number of nitrogens with one attached hydrogen (secondary N) is 1. The largest absolute Gasteiger partial charge is 0.379 e. The number of aromatic nitrogens is 1. The van der Waals surface area contributed by atoms with Crippen LogP contribution in [0.25, 0.3) is 0 Å². The minimum absolute atomic E-state index is 0. The summed E-state index contributed by atoms with van der Waals surface area (Å²) in [6, 6.07) is 9.19. The minimum Gasteiger partial charge on any atom is -0.379 e. The molecule has 6 nitrogen and oxygen atoms in total. The number of carbonyl (C=O) groups is 1. The van der Waals surface area contributed by atoms with Crippen molar-refractivity contribution in [3.63, 3.8) is 0 Å². The monoisotopic (exact) mass is 418 g/mol. The molecule has 1 aliphatic heterocycles. The number of anilines is 1. The van der Waals surface area contributed by atoms with E-state index in [-0.39, 0.29) is 30.7 Å². The van der Waals surface area contributed by atoms with E-state index >= 15 is 0 Å². The molecule has 0 bridgehead atoms. The summed E-state index contributed by atoms with van der Waals surface area (Å²) in [4.78, 5) is 19.0. The third-order valence-corrected chi connectivity index (χ3v) is 4.71. The summed E-state index contributed by atoms with van der Waals surface area (Å²) in [6.07, 6.45) is 0.513. The molecule has 9 heteroatoms. The number of rotatable bonds is 6. The number of nitrogens with zero attached hydrogens (tertiary/aromatic N) is 2. The van der Waals surface area contributed by atoms with Gasteiger partial charge >= 0.3 is 0 Å². The number of hydrogen-bond donors (Lipinski definition) is 2. The topological polar surface area (TPSA) is 80.5 Å². The van der Waals surface area contributed by atoms with Crippen LogP contribution in [0.15, 0.2) is 35.7 Å². The quantitative estimate of drug-likeness (QED) is 0.751. The Morgan fingerprint density at radius 3 is 2.65 bits per heavy atom. The Labute approximate surface area is 169 Å². The summed E-state index contributed by atoms with van der Waals surface area (Å²) < 4.78 is 5.34. The molecule has 0 spiro atoms. The lowest BCUT2D eigenvalue weighted by Gasteiger charge is -2.25. The Bertz CT molecular complexity index is 666. The molecule has 3 rings (SSSR count). The van der Waals surface area contributed by atoms with E-state index in [9.17, 15) is 4.79 Å². The summed E-state index contributed by atoms with van der Waals surface area (Å²) in [5, 5.41) is 5.40. The van der Waals surface area contributed by atoms with Crippen molar-refractivity contribution >= 4 is 47.2 Å². The third-order valence-electron chi connectivity index (χ3n) is 3.91. The lowest BCUT2D eigenvalue weighted by atomic mass is 10.1. The van der Waals surface area contributed by atoms with Crippen molar-refractivity contribution in [2.75, 3.05) is 31.6 Å². The zero-order valence-electron chi connectivity index (χ0n) is 14.3. The van der Waals surface area contributed by atoms with Crippen molar-refractivity contribution < 1.29 is 9.53 Å². The second-order valence-corrected chi connectivity index (χ2v) is 6.68. The van der Waals surface area contributed by atoms with Crippen molar-refractivity contribution in [2.24, 2.45) is 5.73 Å². The first-order chi connectivity index (χ1) is 11.7. The van der Waals surface area contributed by atoms with Crippen molar-refractivity contribution in [2.45, 2.75) is 19.0 Å². The molecule has 0 aliphatic carbocycles. The first-order valence-corrected chi connectivity index (χ1v) is 8.93. The predicted molar refractivity (Wildman–Crippen MR) is 109 cm³/mol. The van der Waals surface area contributed by atoms with Crippen LogP contribution in [0.3, 0.4) is 0 Å². The van der Waals surface area contributed by atoms with E-state index in [4.69, 9.17) is 10.5 Å². The Morgan fingerprint density at radius 1 is 1.27 bits per heavy atom. The van der Waals surface area contributed by atoms with Gasteiger partial charge in [0.15, 0.2) is 5.13 Å². The van der Waals surface area contributed by atoms with E-state index in [0.717, 1.165) is 44.1 Å². The van der Waals surface area contributed by atoms with E-state index in [0.29, 0.717) is 11.6 Å². The fourth-order valence-corrected chi connectivity index (χ4v) is 3.29. The van der Waals surface area contributed by atoms with E-state index < -0.39 is 6.04 Å². The second-order valence-electron chi connectivity index (χ2n) is 5.82. The van der Waals surface area contributed by atoms with E-state index in [1.807, 2.05) is 35.7 Å². The average Bonchev–Trinajstić information content (AvgIpc) is 3.03. The van der Waals surface area contributed by atoms with Crippen LogP contribution in [0.4, 0.5) is 5.13 Å². The molecule has 2 heterocycles. The number of amides is 1. The molecule has 1 unspecified atom stereocenters. The molecule has 0 radical (unpaired) electrons. The molecule has 1 aliphatic rings. The molecule has 1 fully saturated rings. The summed E-state index contributed by atoms with van der Waals surface area (Å²) >= 11 is 1.43. The molecule has 26 heavy (non-hydrogen) atoms. The van der Waals surface area contributed by atoms with Gasteiger partial charge in [-0.15, -0.1) is 36.2 Å². The number of ether oxygens (including phenoxy) is 1. The fraction of sp³-hybridized carbons (Fsp3) is 0.412. The van der Waals surface area contributed by atoms with Gasteiger partial charge in [0.1, 0.15) is 0 Å². The molecular formula is C17H24Cl2N4O2S. The predicted octanol–water partition coefficient (Wildman–Crippen LogP) is 2.33. The van der Waals surface area contributed by atoms with Gasteiger partial charge in [0.25, 0.3) is 0 Å². The molecular weight excluding hydrogens is 395 g/mol. The van der Waals surface area contributed by atoms with Crippen LogP contribution in [-0.2, 0) is 22.5 Å². The highest BCUT2D eigenvalue weighted by Crippen LogP contribution is 2.17. The molecule has 1 atom stereocenters. The molecule has 1 aromatic heterocycles. The zero-order chi connectivity index (χ0) is 16.8. The lowest BCUT2D eigenvalue weighted by Crippen LogP contribution is -2.37. The zero-order valence-corrected chi connectivity index (χ0v) is 16.7. The highest BCUT2D eigenvalue weighted by molar-refractivity contribution is 7.13. The Balaban J connectivity index is 0.00000169. The smallest absolute Gasteiger partial charge is 0.243 e. The maximum absolute atomic E-state index is 12.2. The number of hydrogen-bond acceptors (Lipinski definition) is 6. The summed E-state index contributed by atoms with van der Waals surface area (Å²) in [6.45, 7) is 4.15. The number of morpholine rings is 1. The van der Waals surface area contributed by atoms with Gasteiger partial charge < -0.3 is 15.8 Å². The minimum atomic E-state index is -0.584. The average molecular weight is 419 g/mol. The SMILES string of the molecule is Cl.Cl.NC(Cc1ccccc1)C(=O)Nc1nc(CN2CCOCC2)cs1. The van der Waals surface area contributed by atoms with Gasteiger partial charge in [-0.2, -0.15) is 0 Å². The van der Waals surface area contributed by atoms with Crippen molar-refractivity contribution in [1.82, 2.24) is 9.88 Å². The Kier molecular flexibility index (Phi) is 10.1. The molecule has 1 aromatic carbocycles. The van der Waals surface area contributed by atoms with Gasteiger partial charge in [-0.1, -0.05) is 30.3 Å². The van der Waals surface area contributed by atoms with E-state index in [1.165, 1.54) is 11.3 Å². The molecule has 1 amide bonds. The normalized spacial score (nSPS) is 15.4. The summed E-state index contributed by atoms with van der Waals surface area (Å²) in [5.41, 5.74) is 8.01. The number of benzene rings is 1. The van der Waals surface area contributed by atoms with Crippen LogP contribution in [-0.4, -0.2) is 48.1 Å². The van der Waals surface area contributed by atoms with E-state index in [1.54, 1.807) is 0 Å². The van der Waals surface area contributed by atoms with Gasteiger partial charge in [-0.25, -0.2) is 4.98 Å². The maximum Gasteiger partial charge on any atom is 0.243 e. The van der Waals surface area contributed by atoms with Gasteiger partial charge in [-0.05, 0) is 12.0 Å². The van der Waals surface area contributed by atoms with Crippen LogP contribution in [0.2, 0.25) is 0 Å². The van der Waals surface area contributed by atoms with Crippen LogP contribution >= 0.6 is 36.2 Å².